The predicted octanol–water partition coefficient (Wildman–Crippen LogP) is 3.10. The summed E-state index contributed by atoms with van der Waals surface area (Å²) >= 11 is 1.54. The van der Waals surface area contributed by atoms with Gasteiger partial charge in [0.1, 0.15) is 17.9 Å². The van der Waals surface area contributed by atoms with Crippen molar-refractivity contribution in [2.45, 2.75) is 33.3 Å². The molecule has 0 spiro atoms. The highest BCUT2D eigenvalue weighted by Crippen LogP contribution is 2.20. The average molecular weight is 362 g/mol. The summed E-state index contributed by atoms with van der Waals surface area (Å²) in [7, 11) is 0. The molecule has 0 aliphatic rings. The molecule has 0 radical (unpaired) electrons. The molecule has 0 saturated carbocycles. The second kappa shape index (κ2) is 9.78. The van der Waals surface area contributed by atoms with Gasteiger partial charge in [0.25, 0.3) is 5.91 Å². The molecule has 1 N–H and O–H groups in total. The number of unbranched alkanes of at least 4 members (excludes halogenated alkanes) is 1. The van der Waals surface area contributed by atoms with Crippen molar-refractivity contribution in [3.8, 4) is 5.75 Å². The third kappa shape index (κ3) is 6.19. The molecule has 0 aliphatic carbocycles. The summed E-state index contributed by atoms with van der Waals surface area (Å²) in [4.78, 5) is 28.2. The minimum absolute atomic E-state index is 0.270. The molecule has 0 bridgehead atoms. The zero-order chi connectivity index (χ0) is 18.1. The fourth-order valence-corrected chi connectivity index (χ4v) is 2.65. The number of amides is 1. The fourth-order valence-electron chi connectivity index (χ4n) is 2.05. The first-order chi connectivity index (χ1) is 12.1. The maximum atomic E-state index is 12.2. The molecule has 0 aliphatic heterocycles. The van der Waals surface area contributed by atoms with Crippen LogP contribution >= 0.6 is 11.3 Å². The average Bonchev–Trinajstić information content (AvgIpc) is 3.04. The number of aromatic nitrogens is 1. The fraction of sp³-hybridized carbons (Fsp3) is 0.389. The molecule has 0 unspecified atom stereocenters. The van der Waals surface area contributed by atoms with E-state index in [1.807, 2.05) is 19.2 Å². The number of thiazole rings is 1. The zero-order valence-corrected chi connectivity index (χ0v) is 15.2. The van der Waals surface area contributed by atoms with Crippen molar-refractivity contribution in [3.63, 3.8) is 0 Å². The number of nitrogens with zero attached hydrogens (tertiary/aromatic N) is 1. The highest BCUT2D eigenvalue weighted by atomic mass is 32.1. The molecule has 6 nitrogen and oxygen atoms in total. The highest BCUT2D eigenvalue weighted by molar-refractivity contribution is 7.09. The SMILES string of the molecule is CCCCNC(=O)COC(=O)c1ccccc1OCc1csc(C)n1. The van der Waals surface area contributed by atoms with Crippen LogP contribution in [-0.2, 0) is 16.1 Å². The Morgan fingerprint density at radius 1 is 1.28 bits per heavy atom. The topological polar surface area (TPSA) is 77.5 Å². The van der Waals surface area contributed by atoms with Crippen LogP contribution < -0.4 is 10.1 Å². The van der Waals surface area contributed by atoms with Crippen LogP contribution in [0.2, 0.25) is 0 Å². The van der Waals surface area contributed by atoms with Crippen LogP contribution in [-0.4, -0.2) is 30.0 Å². The van der Waals surface area contributed by atoms with Crippen molar-refractivity contribution >= 4 is 23.2 Å². The number of hydrogen-bond acceptors (Lipinski definition) is 6. The van der Waals surface area contributed by atoms with Gasteiger partial charge in [-0.05, 0) is 25.5 Å². The van der Waals surface area contributed by atoms with Crippen molar-refractivity contribution in [2.24, 2.45) is 0 Å². The van der Waals surface area contributed by atoms with E-state index in [2.05, 4.69) is 10.3 Å². The lowest BCUT2D eigenvalue weighted by Crippen LogP contribution is -2.29. The first-order valence-corrected chi connectivity index (χ1v) is 9.04. The van der Waals surface area contributed by atoms with E-state index in [0.717, 1.165) is 23.5 Å². The Balaban J connectivity index is 1.89. The van der Waals surface area contributed by atoms with Crippen LogP contribution in [0.1, 0.15) is 40.8 Å². The van der Waals surface area contributed by atoms with Gasteiger partial charge in [-0.2, -0.15) is 0 Å². The Labute approximate surface area is 151 Å². The normalized spacial score (nSPS) is 10.3. The van der Waals surface area contributed by atoms with Crippen LogP contribution in [0.15, 0.2) is 29.6 Å². The van der Waals surface area contributed by atoms with Gasteiger partial charge in [-0.3, -0.25) is 4.79 Å². The molecule has 0 atom stereocenters. The number of nitrogens with one attached hydrogen (secondary N) is 1. The molecule has 1 aromatic carbocycles. The van der Waals surface area contributed by atoms with E-state index in [1.165, 1.54) is 0 Å². The molecular weight excluding hydrogens is 340 g/mol. The number of carbonyl (C=O) groups excluding carboxylic acids is 2. The zero-order valence-electron chi connectivity index (χ0n) is 14.4. The minimum Gasteiger partial charge on any atom is -0.486 e. The molecule has 2 aromatic rings. The van der Waals surface area contributed by atoms with Crippen molar-refractivity contribution in [2.75, 3.05) is 13.2 Å². The lowest BCUT2D eigenvalue weighted by molar-refractivity contribution is -0.124. The van der Waals surface area contributed by atoms with Crippen LogP contribution in [0.4, 0.5) is 0 Å². The van der Waals surface area contributed by atoms with Gasteiger partial charge < -0.3 is 14.8 Å². The second-order valence-corrected chi connectivity index (χ2v) is 6.48. The molecule has 134 valence electrons. The number of carbonyl (C=O) groups is 2. The van der Waals surface area contributed by atoms with Gasteiger partial charge in [-0.1, -0.05) is 25.5 Å². The molecule has 0 saturated heterocycles. The number of ether oxygens (including phenoxy) is 2. The molecule has 25 heavy (non-hydrogen) atoms. The van der Waals surface area contributed by atoms with Crippen molar-refractivity contribution < 1.29 is 19.1 Å². The number of rotatable bonds is 9. The summed E-state index contributed by atoms with van der Waals surface area (Å²) in [6.07, 6.45) is 1.88. The molecule has 1 aromatic heterocycles. The van der Waals surface area contributed by atoms with Crippen molar-refractivity contribution in [1.29, 1.82) is 0 Å². The van der Waals surface area contributed by atoms with E-state index in [-0.39, 0.29) is 24.7 Å². The van der Waals surface area contributed by atoms with Gasteiger partial charge in [-0.15, -0.1) is 11.3 Å². The molecular formula is C18H22N2O4S. The smallest absolute Gasteiger partial charge is 0.342 e. The number of esters is 1. The number of benzene rings is 1. The van der Waals surface area contributed by atoms with E-state index in [1.54, 1.807) is 35.6 Å². The van der Waals surface area contributed by atoms with Crippen LogP contribution in [0.25, 0.3) is 0 Å². The third-order valence-electron chi connectivity index (χ3n) is 3.34. The van der Waals surface area contributed by atoms with Crippen molar-refractivity contribution in [3.05, 3.63) is 45.9 Å². The van der Waals surface area contributed by atoms with Gasteiger partial charge >= 0.3 is 5.97 Å². The first kappa shape index (κ1) is 18.9. The molecule has 1 heterocycles. The van der Waals surface area contributed by atoms with Crippen LogP contribution in [0.3, 0.4) is 0 Å². The third-order valence-corrected chi connectivity index (χ3v) is 4.16. The molecule has 0 fully saturated rings. The highest BCUT2D eigenvalue weighted by Gasteiger charge is 2.15. The maximum absolute atomic E-state index is 12.2. The summed E-state index contributed by atoms with van der Waals surface area (Å²) < 4.78 is 10.8. The quantitative estimate of drug-likeness (QED) is 0.548. The van der Waals surface area contributed by atoms with Crippen molar-refractivity contribution in [1.82, 2.24) is 10.3 Å². The van der Waals surface area contributed by atoms with E-state index < -0.39 is 5.97 Å². The van der Waals surface area contributed by atoms with Crippen LogP contribution in [0, 0.1) is 6.92 Å². The second-order valence-electron chi connectivity index (χ2n) is 5.42. The number of aryl methyl sites for hydroxylation is 1. The lowest BCUT2D eigenvalue weighted by Gasteiger charge is -2.10. The minimum atomic E-state index is -0.587. The van der Waals surface area contributed by atoms with E-state index >= 15 is 0 Å². The van der Waals surface area contributed by atoms with E-state index in [0.29, 0.717) is 12.3 Å². The number of para-hydroxylation sites is 1. The Morgan fingerprint density at radius 2 is 2.08 bits per heavy atom. The Morgan fingerprint density at radius 3 is 2.80 bits per heavy atom. The lowest BCUT2D eigenvalue weighted by atomic mass is 10.2. The van der Waals surface area contributed by atoms with E-state index in [4.69, 9.17) is 9.47 Å². The van der Waals surface area contributed by atoms with E-state index in [9.17, 15) is 9.59 Å². The Kier molecular flexibility index (Phi) is 7.40. The molecule has 1 amide bonds. The summed E-state index contributed by atoms with van der Waals surface area (Å²) in [6.45, 7) is 4.51. The standard InChI is InChI=1S/C18H22N2O4S/c1-3-4-9-19-17(21)11-24-18(22)15-7-5-6-8-16(15)23-10-14-12-25-13(2)20-14/h5-8,12H,3-4,9-11H2,1-2H3,(H,19,21). The van der Waals surface area contributed by atoms with Gasteiger partial charge in [-0.25, -0.2) is 9.78 Å². The summed E-state index contributed by atoms with van der Waals surface area (Å²) in [5, 5.41) is 5.57. The van der Waals surface area contributed by atoms with Gasteiger partial charge in [0.05, 0.1) is 10.7 Å². The van der Waals surface area contributed by atoms with Gasteiger partial charge in [0, 0.05) is 11.9 Å². The van der Waals surface area contributed by atoms with Gasteiger partial charge in [0.2, 0.25) is 0 Å². The Hall–Kier alpha value is -2.41. The maximum Gasteiger partial charge on any atom is 0.342 e. The summed E-state index contributed by atoms with van der Waals surface area (Å²) in [6, 6.07) is 6.80. The largest absolute Gasteiger partial charge is 0.486 e. The van der Waals surface area contributed by atoms with Gasteiger partial charge in [0.15, 0.2) is 6.61 Å². The summed E-state index contributed by atoms with van der Waals surface area (Å²) in [5.41, 5.74) is 1.09. The number of hydrogen-bond donors (Lipinski definition) is 1. The molecule has 7 heteroatoms. The predicted molar refractivity (Wildman–Crippen MR) is 95.8 cm³/mol. The summed E-state index contributed by atoms with van der Waals surface area (Å²) in [5.74, 6) is -0.488. The van der Waals surface area contributed by atoms with Crippen LogP contribution in [0.5, 0.6) is 5.75 Å². The Bertz CT molecular complexity index is 715. The monoisotopic (exact) mass is 362 g/mol. The first-order valence-electron chi connectivity index (χ1n) is 8.16. The molecule has 2 rings (SSSR count).